The van der Waals surface area contributed by atoms with E-state index in [1.165, 1.54) is 0 Å². The highest BCUT2D eigenvalue weighted by molar-refractivity contribution is 6.29. The molecule has 0 aromatic carbocycles. The third-order valence-electron chi connectivity index (χ3n) is 2.77. The molecule has 5 nitrogen and oxygen atoms in total. The fraction of sp³-hybridized carbons (Fsp3) is 0.545. The van der Waals surface area contributed by atoms with E-state index in [4.69, 9.17) is 16.3 Å². The van der Waals surface area contributed by atoms with Gasteiger partial charge in [-0.25, -0.2) is 4.98 Å². The Morgan fingerprint density at radius 3 is 2.94 bits per heavy atom. The van der Waals surface area contributed by atoms with Crippen molar-refractivity contribution in [2.75, 3.05) is 7.11 Å². The summed E-state index contributed by atoms with van der Waals surface area (Å²) in [5.74, 6) is 1.70. The van der Waals surface area contributed by atoms with Crippen LogP contribution in [0.2, 0.25) is 5.15 Å². The molecule has 0 N–H and O–H groups in total. The van der Waals surface area contributed by atoms with Gasteiger partial charge in [0, 0.05) is 19.6 Å². The summed E-state index contributed by atoms with van der Waals surface area (Å²) >= 11 is 5.87. The molecule has 1 atom stereocenters. The fourth-order valence-corrected chi connectivity index (χ4v) is 1.95. The molecule has 0 bridgehead atoms. The number of ether oxygens (including phenoxy) is 1. The number of halogens is 1. The topological polar surface area (TPSA) is 52.3 Å². The van der Waals surface area contributed by atoms with Gasteiger partial charge in [0.1, 0.15) is 16.8 Å². The van der Waals surface area contributed by atoms with Crippen molar-refractivity contribution in [3.63, 3.8) is 0 Å². The quantitative estimate of drug-likeness (QED) is 0.784. The third-order valence-corrected chi connectivity index (χ3v) is 2.97. The number of nitrogens with zero attached hydrogens (tertiary/aromatic N) is 4. The average Bonchev–Trinajstić information content (AvgIpc) is 2.69. The minimum Gasteiger partial charge on any atom is -0.382 e. The zero-order chi connectivity index (χ0) is 12.4. The van der Waals surface area contributed by atoms with Gasteiger partial charge in [-0.05, 0) is 20.3 Å². The van der Waals surface area contributed by atoms with Crippen molar-refractivity contribution in [1.29, 1.82) is 0 Å². The van der Waals surface area contributed by atoms with Crippen LogP contribution in [0.4, 0.5) is 0 Å². The van der Waals surface area contributed by atoms with Gasteiger partial charge in [0.25, 0.3) is 0 Å². The number of hydrogen-bond acceptors (Lipinski definition) is 4. The van der Waals surface area contributed by atoms with Crippen molar-refractivity contribution >= 4 is 17.2 Å². The summed E-state index contributed by atoms with van der Waals surface area (Å²) in [6, 6.07) is 1.71. The zero-order valence-electron chi connectivity index (χ0n) is 10.1. The van der Waals surface area contributed by atoms with E-state index in [0.717, 1.165) is 30.1 Å². The van der Waals surface area contributed by atoms with E-state index in [9.17, 15) is 0 Å². The van der Waals surface area contributed by atoms with Crippen LogP contribution in [0, 0.1) is 6.92 Å². The molecule has 0 saturated carbocycles. The van der Waals surface area contributed by atoms with Gasteiger partial charge in [-0.3, -0.25) is 4.40 Å². The monoisotopic (exact) mass is 254 g/mol. The first-order chi connectivity index (χ1) is 8.11. The van der Waals surface area contributed by atoms with Crippen LogP contribution in [0.5, 0.6) is 0 Å². The average molecular weight is 255 g/mol. The standard InChI is InChI=1S/C11H15ClN4O/c1-7(17-3)4-5-10-14-15-11-6-9(12)13-8(2)16(10)11/h6-7H,4-5H2,1-3H3. The molecule has 0 saturated heterocycles. The normalized spacial score (nSPS) is 13.2. The van der Waals surface area contributed by atoms with Gasteiger partial charge in [0.15, 0.2) is 5.65 Å². The van der Waals surface area contributed by atoms with E-state index in [1.54, 1.807) is 13.2 Å². The second kappa shape index (κ2) is 4.98. The second-order valence-electron chi connectivity index (χ2n) is 4.02. The van der Waals surface area contributed by atoms with Crippen molar-refractivity contribution in [2.24, 2.45) is 0 Å². The van der Waals surface area contributed by atoms with Crippen LogP contribution in [-0.4, -0.2) is 32.8 Å². The lowest BCUT2D eigenvalue weighted by Crippen LogP contribution is -2.08. The number of methoxy groups -OCH3 is 1. The first-order valence-corrected chi connectivity index (χ1v) is 5.89. The molecule has 0 aliphatic rings. The molecule has 2 aromatic heterocycles. The van der Waals surface area contributed by atoms with Crippen molar-refractivity contribution in [2.45, 2.75) is 32.8 Å². The van der Waals surface area contributed by atoms with Crippen LogP contribution in [0.25, 0.3) is 5.65 Å². The van der Waals surface area contributed by atoms with Gasteiger partial charge >= 0.3 is 0 Å². The maximum Gasteiger partial charge on any atom is 0.165 e. The Bertz CT molecular complexity index is 525. The molecular formula is C11H15ClN4O. The summed E-state index contributed by atoms with van der Waals surface area (Å²) in [5, 5.41) is 8.70. The molecule has 2 aromatic rings. The molecule has 2 rings (SSSR count). The Morgan fingerprint density at radius 1 is 1.47 bits per heavy atom. The summed E-state index contributed by atoms with van der Waals surface area (Å²) in [6.07, 6.45) is 1.92. The van der Waals surface area contributed by atoms with Gasteiger partial charge < -0.3 is 4.74 Å². The zero-order valence-corrected chi connectivity index (χ0v) is 10.9. The van der Waals surface area contributed by atoms with Crippen LogP contribution in [0.15, 0.2) is 6.07 Å². The molecule has 0 aliphatic heterocycles. The summed E-state index contributed by atoms with van der Waals surface area (Å²) < 4.78 is 7.14. The molecule has 92 valence electrons. The SMILES string of the molecule is COC(C)CCc1nnc2cc(Cl)nc(C)n12. The maximum atomic E-state index is 5.87. The summed E-state index contributed by atoms with van der Waals surface area (Å²) in [7, 11) is 1.71. The molecule has 0 fully saturated rings. The van der Waals surface area contributed by atoms with Gasteiger partial charge in [0.2, 0.25) is 0 Å². The number of fused-ring (bicyclic) bond motifs is 1. The summed E-state index contributed by atoms with van der Waals surface area (Å²) in [6.45, 7) is 3.93. The third kappa shape index (κ3) is 2.56. The molecule has 2 heterocycles. The Kier molecular flexibility index (Phi) is 3.59. The van der Waals surface area contributed by atoms with E-state index in [1.807, 2.05) is 18.2 Å². The predicted octanol–water partition coefficient (Wildman–Crippen LogP) is 2.05. The summed E-state index contributed by atoms with van der Waals surface area (Å²) in [5.41, 5.74) is 0.738. The van der Waals surface area contributed by atoms with Crippen LogP contribution in [-0.2, 0) is 11.2 Å². The van der Waals surface area contributed by atoms with E-state index >= 15 is 0 Å². The number of rotatable bonds is 4. The first-order valence-electron chi connectivity index (χ1n) is 5.51. The van der Waals surface area contributed by atoms with Crippen LogP contribution in [0.1, 0.15) is 25.0 Å². The smallest absolute Gasteiger partial charge is 0.165 e. The molecule has 0 spiro atoms. The summed E-state index contributed by atoms with van der Waals surface area (Å²) in [4.78, 5) is 4.20. The second-order valence-corrected chi connectivity index (χ2v) is 4.41. The first kappa shape index (κ1) is 12.3. The van der Waals surface area contributed by atoms with E-state index in [-0.39, 0.29) is 6.10 Å². The Balaban J connectivity index is 2.29. The highest BCUT2D eigenvalue weighted by Gasteiger charge is 2.11. The number of aromatic nitrogens is 4. The molecule has 17 heavy (non-hydrogen) atoms. The highest BCUT2D eigenvalue weighted by Crippen LogP contribution is 2.13. The highest BCUT2D eigenvalue weighted by atomic mass is 35.5. The lowest BCUT2D eigenvalue weighted by molar-refractivity contribution is 0.110. The minimum atomic E-state index is 0.211. The minimum absolute atomic E-state index is 0.211. The maximum absolute atomic E-state index is 5.87. The Hall–Kier alpha value is -1.20. The molecule has 0 aliphatic carbocycles. The molecule has 0 amide bonds. The van der Waals surface area contributed by atoms with Crippen molar-refractivity contribution in [3.05, 3.63) is 22.9 Å². The van der Waals surface area contributed by atoms with Crippen molar-refractivity contribution in [3.8, 4) is 0 Å². The Labute approximate surface area is 105 Å². The molecular weight excluding hydrogens is 240 g/mol. The van der Waals surface area contributed by atoms with Gasteiger partial charge in [-0.1, -0.05) is 11.6 Å². The Morgan fingerprint density at radius 2 is 2.24 bits per heavy atom. The lowest BCUT2D eigenvalue weighted by Gasteiger charge is -2.08. The van der Waals surface area contributed by atoms with Crippen molar-refractivity contribution < 1.29 is 4.74 Å². The van der Waals surface area contributed by atoms with Gasteiger partial charge in [0.05, 0.1) is 6.10 Å². The van der Waals surface area contributed by atoms with Crippen LogP contribution in [0.3, 0.4) is 0 Å². The fourth-order valence-electron chi connectivity index (χ4n) is 1.73. The van der Waals surface area contributed by atoms with E-state index in [2.05, 4.69) is 15.2 Å². The van der Waals surface area contributed by atoms with Crippen LogP contribution < -0.4 is 0 Å². The van der Waals surface area contributed by atoms with Crippen LogP contribution >= 0.6 is 11.6 Å². The number of hydrogen-bond donors (Lipinski definition) is 0. The van der Waals surface area contributed by atoms with E-state index < -0.39 is 0 Å². The molecule has 0 radical (unpaired) electrons. The van der Waals surface area contributed by atoms with E-state index in [0.29, 0.717) is 5.15 Å². The molecule has 1 unspecified atom stereocenters. The lowest BCUT2D eigenvalue weighted by atomic mass is 10.2. The van der Waals surface area contributed by atoms with Gasteiger partial charge in [-0.15, -0.1) is 10.2 Å². The van der Waals surface area contributed by atoms with Crippen molar-refractivity contribution in [1.82, 2.24) is 19.6 Å². The van der Waals surface area contributed by atoms with Gasteiger partial charge in [-0.2, -0.15) is 0 Å². The number of aryl methyl sites for hydroxylation is 2. The predicted molar refractivity (Wildman–Crippen MR) is 65.3 cm³/mol. The molecule has 6 heteroatoms. The largest absolute Gasteiger partial charge is 0.382 e.